The minimum Gasteiger partial charge on any atom is -0.372 e. The molecular weight excluding hydrogens is 446 g/mol. The van der Waals surface area contributed by atoms with Gasteiger partial charge in [-0.15, -0.1) is 11.6 Å². The number of rotatable bonds is 5. The van der Waals surface area contributed by atoms with E-state index in [1.165, 1.54) is 5.56 Å². The summed E-state index contributed by atoms with van der Waals surface area (Å²) in [6.07, 6.45) is 4.73. The number of hydrazone groups is 1. The van der Waals surface area contributed by atoms with Crippen LogP contribution in [-0.2, 0) is 6.42 Å². The van der Waals surface area contributed by atoms with E-state index in [2.05, 4.69) is 28.5 Å². The van der Waals surface area contributed by atoms with Crippen molar-refractivity contribution in [3.8, 4) is 0 Å². The van der Waals surface area contributed by atoms with Gasteiger partial charge in [0.05, 0.1) is 29.7 Å². The molecule has 0 atom stereocenters. The van der Waals surface area contributed by atoms with Gasteiger partial charge in [0.2, 0.25) is 0 Å². The molecule has 1 fully saturated rings. The van der Waals surface area contributed by atoms with Crippen molar-refractivity contribution < 1.29 is 4.79 Å². The second kappa shape index (κ2) is 9.79. The Morgan fingerprint density at radius 2 is 1.79 bits per heavy atom. The minimum absolute atomic E-state index is 0.0607. The lowest BCUT2D eigenvalue weighted by Gasteiger charge is -2.28. The average Bonchev–Trinajstić information content (AvgIpc) is 3.30. The number of fused-ring (bicyclic) bond motifs is 1. The van der Waals surface area contributed by atoms with Crippen LogP contribution in [0.25, 0.3) is 0 Å². The Kier molecular flexibility index (Phi) is 6.59. The predicted molar refractivity (Wildman–Crippen MR) is 140 cm³/mol. The monoisotopic (exact) mass is 477 g/mol. The fourth-order valence-electron chi connectivity index (χ4n) is 5.04. The summed E-state index contributed by atoms with van der Waals surface area (Å²) >= 11 is 6.40. The zero-order valence-corrected chi connectivity index (χ0v) is 20.6. The third kappa shape index (κ3) is 4.56. The van der Waals surface area contributed by atoms with Crippen molar-refractivity contribution in [1.82, 2.24) is 10.3 Å². The van der Waals surface area contributed by atoms with Crippen LogP contribution >= 0.6 is 11.6 Å². The van der Waals surface area contributed by atoms with Crippen LogP contribution in [0.4, 0.5) is 16.2 Å². The molecule has 2 aliphatic heterocycles. The first-order valence-corrected chi connectivity index (χ1v) is 12.8. The number of alkyl halides is 1. The number of hydrogen-bond acceptors (Lipinski definition) is 4. The number of halogens is 1. The van der Waals surface area contributed by atoms with Gasteiger partial charge >= 0.3 is 6.03 Å². The Hall–Kier alpha value is -2.86. The Bertz CT molecular complexity index is 1100. The topological polar surface area (TPSA) is 60.3 Å². The number of amidine groups is 1. The van der Waals surface area contributed by atoms with E-state index in [0.29, 0.717) is 5.92 Å². The normalized spacial score (nSPS) is 22.8. The highest BCUT2D eigenvalue weighted by molar-refractivity contribution is 6.20. The van der Waals surface area contributed by atoms with E-state index in [9.17, 15) is 4.79 Å². The van der Waals surface area contributed by atoms with Gasteiger partial charge in [0.1, 0.15) is 5.84 Å². The fourth-order valence-corrected chi connectivity index (χ4v) is 5.29. The highest BCUT2D eigenvalue weighted by Crippen LogP contribution is 2.38. The molecule has 34 heavy (non-hydrogen) atoms. The number of nitrogens with zero attached hydrogens (tertiary/aromatic N) is 4. The lowest BCUT2D eigenvalue weighted by Crippen LogP contribution is -2.41. The van der Waals surface area contributed by atoms with E-state index in [1.807, 2.05) is 49.1 Å². The molecule has 2 aromatic rings. The van der Waals surface area contributed by atoms with Crippen molar-refractivity contribution in [2.45, 2.75) is 57.4 Å². The minimum atomic E-state index is -0.127. The molecule has 0 saturated heterocycles. The lowest BCUT2D eigenvalue weighted by molar-refractivity contribution is 0.195. The highest BCUT2D eigenvalue weighted by Gasteiger charge is 2.35. The Labute approximate surface area is 206 Å². The van der Waals surface area contributed by atoms with E-state index in [1.54, 1.807) is 5.01 Å². The molecule has 2 aromatic carbocycles. The van der Waals surface area contributed by atoms with Gasteiger partial charge in [0, 0.05) is 29.8 Å². The number of aliphatic imine (C=N–C) groups is 1. The molecule has 1 N–H and O–H groups in total. The Morgan fingerprint density at radius 1 is 1.06 bits per heavy atom. The summed E-state index contributed by atoms with van der Waals surface area (Å²) in [7, 11) is 0. The van der Waals surface area contributed by atoms with Crippen molar-refractivity contribution >= 4 is 40.6 Å². The van der Waals surface area contributed by atoms with Crippen LogP contribution in [0, 0.1) is 5.92 Å². The number of anilines is 2. The number of benzene rings is 2. The van der Waals surface area contributed by atoms with Crippen molar-refractivity contribution in [2.75, 3.05) is 18.0 Å². The van der Waals surface area contributed by atoms with Crippen molar-refractivity contribution in [1.29, 1.82) is 0 Å². The number of carbonyl (C=O) groups is 1. The SMILES string of the molecule is CC(C)N1N=C(C2CCC(Cl)CC2)c2ccccc2N(c2ccc(CC3=NCCN3)cc2)C1=O. The maximum absolute atomic E-state index is 13.9. The largest absolute Gasteiger partial charge is 0.372 e. The maximum atomic E-state index is 13.9. The number of nitrogens with one attached hydrogen (secondary N) is 1. The van der Waals surface area contributed by atoms with Gasteiger partial charge in [-0.2, -0.15) is 5.10 Å². The van der Waals surface area contributed by atoms with Crippen LogP contribution in [0.3, 0.4) is 0 Å². The first kappa shape index (κ1) is 22.9. The molecule has 2 amide bonds. The molecule has 0 unspecified atom stereocenters. The fraction of sp³-hybridized carbons (Fsp3) is 0.444. The van der Waals surface area contributed by atoms with Crippen molar-refractivity contribution in [2.24, 2.45) is 16.0 Å². The third-order valence-electron chi connectivity index (χ3n) is 6.87. The molecule has 178 valence electrons. The molecule has 5 rings (SSSR count). The van der Waals surface area contributed by atoms with Gasteiger partial charge in [-0.3, -0.25) is 9.89 Å². The Balaban J connectivity index is 1.53. The van der Waals surface area contributed by atoms with Crippen LogP contribution < -0.4 is 10.2 Å². The summed E-state index contributed by atoms with van der Waals surface area (Å²) in [6, 6.07) is 16.2. The molecule has 0 spiro atoms. The quantitative estimate of drug-likeness (QED) is 0.560. The summed E-state index contributed by atoms with van der Waals surface area (Å²) in [5.74, 6) is 1.33. The van der Waals surface area contributed by atoms with Gasteiger partial charge in [-0.05, 0) is 63.3 Å². The number of para-hydroxylation sites is 1. The Morgan fingerprint density at radius 3 is 2.47 bits per heavy atom. The second-order valence-electron chi connectivity index (χ2n) is 9.61. The molecule has 3 aliphatic rings. The smallest absolute Gasteiger partial charge is 0.349 e. The standard InChI is InChI=1S/C27H32ClN5O/c1-18(2)33-27(34)32(22-13-7-19(8-14-22)17-25-29-15-16-30-25)24-6-4-3-5-23(24)26(31-33)20-9-11-21(28)12-10-20/h3-8,13-14,18,20-21H,9-12,15-17H2,1-2H3,(H,29,30). The maximum Gasteiger partial charge on any atom is 0.349 e. The van der Waals surface area contributed by atoms with E-state index in [4.69, 9.17) is 16.7 Å². The second-order valence-corrected chi connectivity index (χ2v) is 10.2. The number of urea groups is 1. The molecule has 0 bridgehead atoms. The first-order chi connectivity index (χ1) is 16.5. The van der Waals surface area contributed by atoms with E-state index in [0.717, 1.165) is 73.7 Å². The average molecular weight is 478 g/mol. The first-order valence-electron chi connectivity index (χ1n) is 12.3. The zero-order valence-electron chi connectivity index (χ0n) is 19.9. The van der Waals surface area contributed by atoms with Crippen LogP contribution in [0.15, 0.2) is 58.6 Å². The van der Waals surface area contributed by atoms with Gasteiger partial charge in [0.15, 0.2) is 0 Å². The molecule has 2 heterocycles. The zero-order chi connectivity index (χ0) is 23.7. The third-order valence-corrected chi connectivity index (χ3v) is 7.30. The summed E-state index contributed by atoms with van der Waals surface area (Å²) in [5, 5.41) is 10.2. The molecule has 7 heteroatoms. The van der Waals surface area contributed by atoms with Crippen LogP contribution in [0.5, 0.6) is 0 Å². The molecule has 0 aromatic heterocycles. The van der Waals surface area contributed by atoms with E-state index >= 15 is 0 Å². The summed E-state index contributed by atoms with van der Waals surface area (Å²) in [6.45, 7) is 5.78. The number of amides is 2. The van der Waals surface area contributed by atoms with Crippen LogP contribution in [0.1, 0.15) is 50.7 Å². The van der Waals surface area contributed by atoms with Crippen LogP contribution in [-0.4, -0.2) is 47.1 Å². The van der Waals surface area contributed by atoms with Crippen LogP contribution in [0.2, 0.25) is 0 Å². The van der Waals surface area contributed by atoms with Gasteiger partial charge in [-0.25, -0.2) is 9.80 Å². The summed E-state index contributed by atoms with van der Waals surface area (Å²) in [4.78, 5) is 20.2. The highest BCUT2D eigenvalue weighted by atomic mass is 35.5. The molecular formula is C27H32ClN5O. The molecule has 1 aliphatic carbocycles. The van der Waals surface area contributed by atoms with E-state index < -0.39 is 0 Å². The van der Waals surface area contributed by atoms with E-state index in [-0.39, 0.29) is 17.5 Å². The van der Waals surface area contributed by atoms with Gasteiger partial charge in [-0.1, -0.05) is 30.3 Å². The number of carbonyl (C=O) groups excluding carboxylic acids is 1. The predicted octanol–water partition coefficient (Wildman–Crippen LogP) is 5.71. The molecule has 0 radical (unpaired) electrons. The summed E-state index contributed by atoms with van der Waals surface area (Å²) < 4.78 is 0. The summed E-state index contributed by atoms with van der Waals surface area (Å²) in [5.41, 5.74) is 4.94. The van der Waals surface area contributed by atoms with Gasteiger partial charge < -0.3 is 5.32 Å². The molecule has 6 nitrogen and oxygen atoms in total. The lowest BCUT2D eigenvalue weighted by atomic mass is 9.82. The number of hydrogen-bond donors (Lipinski definition) is 1. The van der Waals surface area contributed by atoms with Crippen molar-refractivity contribution in [3.05, 3.63) is 59.7 Å². The molecule has 1 saturated carbocycles. The van der Waals surface area contributed by atoms with Gasteiger partial charge in [0.25, 0.3) is 0 Å². The van der Waals surface area contributed by atoms with Crippen molar-refractivity contribution in [3.63, 3.8) is 0 Å².